The summed E-state index contributed by atoms with van der Waals surface area (Å²) in [4.78, 5) is 6.15. The van der Waals surface area contributed by atoms with Crippen LogP contribution in [0, 0.1) is 11.7 Å². The van der Waals surface area contributed by atoms with Crippen molar-refractivity contribution in [2.24, 2.45) is 5.92 Å². The van der Waals surface area contributed by atoms with Gasteiger partial charge in [-0.15, -0.1) is 0 Å². The molecule has 0 aliphatic carbocycles. The van der Waals surface area contributed by atoms with Gasteiger partial charge in [0.25, 0.3) is 0 Å². The van der Waals surface area contributed by atoms with Crippen molar-refractivity contribution < 1.29 is 4.39 Å². The minimum absolute atomic E-state index is 0.169. The third-order valence-electron chi connectivity index (χ3n) is 5.21. The highest BCUT2D eigenvalue weighted by Gasteiger charge is 2.31. The Hall–Kier alpha value is -2.13. The van der Waals surface area contributed by atoms with Crippen LogP contribution >= 0.6 is 0 Å². The Morgan fingerprint density at radius 2 is 1.92 bits per heavy atom. The summed E-state index contributed by atoms with van der Waals surface area (Å²) in [7, 11) is 0. The van der Waals surface area contributed by atoms with Crippen LogP contribution in [0.2, 0.25) is 0 Å². The fourth-order valence-corrected chi connectivity index (χ4v) is 4.03. The van der Waals surface area contributed by atoms with Gasteiger partial charge in [-0.3, -0.25) is 4.90 Å². The number of hydrogen-bond donors (Lipinski definition) is 1. The smallest absolute Gasteiger partial charge is 0.123 e. The molecular weight excluding hydrogens is 299 g/mol. The molecule has 2 unspecified atom stereocenters. The molecule has 3 aromatic rings. The second-order valence-electron chi connectivity index (χ2n) is 6.97. The molecule has 2 atom stereocenters. The maximum atomic E-state index is 13.2. The van der Waals surface area contributed by atoms with Gasteiger partial charge in [0.05, 0.1) is 6.04 Å². The van der Waals surface area contributed by atoms with Gasteiger partial charge in [-0.25, -0.2) is 4.39 Å². The van der Waals surface area contributed by atoms with Crippen LogP contribution < -0.4 is 0 Å². The summed E-state index contributed by atoms with van der Waals surface area (Å²) in [5.41, 5.74) is 3.67. The Morgan fingerprint density at radius 1 is 1.12 bits per heavy atom. The van der Waals surface area contributed by atoms with Crippen LogP contribution in [0.4, 0.5) is 4.39 Å². The number of benzene rings is 2. The van der Waals surface area contributed by atoms with E-state index in [2.05, 4.69) is 47.1 Å². The van der Waals surface area contributed by atoms with E-state index in [0.717, 1.165) is 13.1 Å². The number of para-hydroxylation sites is 1. The van der Waals surface area contributed by atoms with E-state index in [-0.39, 0.29) is 5.82 Å². The molecule has 1 saturated heterocycles. The summed E-state index contributed by atoms with van der Waals surface area (Å²) in [6.45, 7) is 4.29. The Morgan fingerprint density at radius 3 is 2.71 bits per heavy atom. The number of aromatic nitrogens is 1. The van der Waals surface area contributed by atoms with Gasteiger partial charge in [0.2, 0.25) is 0 Å². The zero-order chi connectivity index (χ0) is 16.5. The van der Waals surface area contributed by atoms with Crippen LogP contribution in [-0.4, -0.2) is 16.4 Å². The van der Waals surface area contributed by atoms with Gasteiger partial charge in [-0.1, -0.05) is 37.3 Å². The van der Waals surface area contributed by atoms with Gasteiger partial charge in [0.15, 0.2) is 0 Å². The Labute approximate surface area is 142 Å². The molecule has 1 fully saturated rings. The molecule has 0 bridgehead atoms. The van der Waals surface area contributed by atoms with Gasteiger partial charge in [0, 0.05) is 17.8 Å². The van der Waals surface area contributed by atoms with Crippen molar-refractivity contribution in [3.63, 3.8) is 0 Å². The molecular formula is C21H23FN2. The molecule has 2 heterocycles. The first-order chi connectivity index (χ1) is 11.7. The average molecular weight is 322 g/mol. The summed E-state index contributed by atoms with van der Waals surface area (Å²) >= 11 is 0. The third kappa shape index (κ3) is 2.96. The van der Waals surface area contributed by atoms with Crippen molar-refractivity contribution >= 4 is 10.9 Å². The number of piperidine rings is 1. The highest BCUT2D eigenvalue weighted by atomic mass is 19.1. The van der Waals surface area contributed by atoms with Crippen LogP contribution in [0.1, 0.15) is 37.1 Å². The SMILES string of the molecule is CC1CCCN(Cc2ccc(F)cc2)C1c1cc2ccccc2[nH]1. The van der Waals surface area contributed by atoms with E-state index in [1.165, 1.54) is 35.0 Å². The fourth-order valence-electron chi connectivity index (χ4n) is 4.03. The molecule has 1 aromatic heterocycles. The van der Waals surface area contributed by atoms with E-state index >= 15 is 0 Å². The lowest BCUT2D eigenvalue weighted by Gasteiger charge is -2.39. The van der Waals surface area contributed by atoms with Crippen molar-refractivity contribution in [3.8, 4) is 0 Å². The second kappa shape index (κ2) is 6.40. The lowest BCUT2D eigenvalue weighted by Crippen LogP contribution is -2.37. The quantitative estimate of drug-likeness (QED) is 0.695. The lowest BCUT2D eigenvalue weighted by molar-refractivity contribution is 0.0910. The van der Waals surface area contributed by atoms with Gasteiger partial charge in [0.1, 0.15) is 5.82 Å². The number of nitrogens with one attached hydrogen (secondary N) is 1. The number of likely N-dealkylation sites (tertiary alicyclic amines) is 1. The first kappa shape index (κ1) is 15.4. The highest BCUT2D eigenvalue weighted by Crippen LogP contribution is 2.37. The first-order valence-electron chi connectivity index (χ1n) is 8.77. The van der Waals surface area contributed by atoms with Crippen LogP contribution in [0.25, 0.3) is 10.9 Å². The molecule has 0 radical (unpaired) electrons. The van der Waals surface area contributed by atoms with Crippen molar-refractivity contribution in [3.05, 3.63) is 71.7 Å². The zero-order valence-corrected chi connectivity index (χ0v) is 14.0. The van der Waals surface area contributed by atoms with E-state index in [0.29, 0.717) is 12.0 Å². The fraction of sp³-hybridized carbons (Fsp3) is 0.333. The molecule has 0 spiro atoms. The number of rotatable bonds is 3. The average Bonchev–Trinajstić information content (AvgIpc) is 3.00. The Balaban J connectivity index is 1.65. The summed E-state index contributed by atoms with van der Waals surface area (Å²) < 4.78 is 13.2. The van der Waals surface area contributed by atoms with Crippen LogP contribution in [-0.2, 0) is 6.54 Å². The van der Waals surface area contributed by atoms with Gasteiger partial charge in [-0.05, 0) is 60.5 Å². The standard InChI is InChI=1S/C21H23FN2/c1-15-5-4-12-24(14-16-8-10-18(22)11-9-16)21(15)20-13-17-6-2-3-7-19(17)23-20/h2-3,6-11,13,15,21,23H,4-5,12,14H2,1H3. The van der Waals surface area contributed by atoms with Gasteiger partial charge < -0.3 is 4.98 Å². The van der Waals surface area contributed by atoms with E-state index in [4.69, 9.17) is 0 Å². The lowest BCUT2D eigenvalue weighted by atomic mass is 9.88. The molecule has 0 saturated carbocycles. The topological polar surface area (TPSA) is 19.0 Å². The number of nitrogens with zero attached hydrogens (tertiary/aromatic N) is 1. The maximum absolute atomic E-state index is 13.2. The summed E-state index contributed by atoms with van der Waals surface area (Å²) in [5.74, 6) is 0.435. The number of fused-ring (bicyclic) bond motifs is 1. The van der Waals surface area contributed by atoms with E-state index < -0.39 is 0 Å². The zero-order valence-electron chi connectivity index (χ0n) is 14.0. The number of halogens is 1. The van der Waals surface area contributed by atoms with Crippen LogP contribution in [0.15, 0.2) is 54.6 Å². The normalized spacial score (nSPS) is 22.1. The number of aromatic amines is 1. The molecule has 4 rings (SSSR count). The molecule has 0 amide bonds. The first-order valence-corrected chi connectivity index (χ1v) is 8.77. The Kier molecular flexibility index (Phi) is 4.11. The molecule has 2 nitrogen and oxygen atoms in total. The molecule has 2 aromatic carbocycles. The Bertz CT molecular complexity index is 788. The third-order valence-corrected chi connectivity index (χ3v) is 5.21. The number of H-pyrrole nitrogens is 1. The summed E-state index contributed by atoms with van der Waals surface area (Å²) in [6, 6.07) is 18.0. The van der Waals surface area contributed by atoms with E-state index in [9.17, 15) is 4.39 Å². The van der Waals surface area contributed by atoms with Gasteiger partial charge >= 0.3 is 0 Å². The predicted octanol–water partition coefficient (Wildman–Crippen LogP) is 5.28. The predicted molar refractivity (Wildman–Crippen MR) is 96.2 cm³/mol. The molecule has 1 aliphatic heterocycles. The molecule has 24 heavy (non-hydrogen) atoms. The van der Waals surface area contributed by atoms with Crippen LogP contribution in [0.3, 0.4) is 0 Å². The molecule has 1 N–H and O–H groups in total. The van der Waals surface area contributed by atoms with Crippen molar-refractivity contribution in [1.29, 1.82) is 0 Å². The number of hydrogen-bond acceptors (Lipinski definition) is 1. The van der Waals surface area contributed by atoms with Crippen molar-refractivity contribution in [2.75, 3.05) is 6.54 Å². The van der Waals surface area contributed by atoms with Gasteiger partial charge in [-0.2, -0.15) is 0 Å². The van der Waals surface area contributed by atoms with Crippen molar-refractivity contribution in [1.82, 2.24) is 9.88 Å². The van der Waals surface area contributed by atoms with E-state index in [1.54, 1.807) is 12.1 Å². The van der Waals surface area contributed by atoms with Crippen molar-refractivity contribution in [2.45, 2.75) is 32.4 Å². The van der Waals surface area contributed by atoms with E-state index in [1.807, 2.05) is 12.1 Å². The monoisotopic (exact) mass is 322 g/mol. The summed E-state index contributed by atoms with van der Waals surface area (Å²) in [5, 5.41) is 1.27. The molecule has 3 heteroatoms. The second-order valence-corrected chi connectivity index (χ2v) is 6.97. The summed E-state index contributed by atoms with van der Waals surface area (Å²) in [6.07, 6.45) is 2.47. The largest absolute Gasteiger partial charge is 0.357 e. The van der Waals surface area contributed by atoms with Crippen LogP contribution in [0.5, 0.6) is 0 Å². The minimum Gasteiger partial charge on any atom is -0.357 e. The minimum atomic E-state index is -0.169. The maximum Gasteiger partial charge on any atom is 0.123 e. The molecule has 1 aliphatic rings. The molecule has 124 valence electrons. The highest BCUT2D eigenvalue weighted by molar-refractivity contribution is 5.80.